The fourth-order valence-electron chi connectivity index (χ4n) is 2.84. The quantitative estimate of drug-likeness (QED) is 0.765. The van der Waals surface area contributed by atoms with Gasteiger partial charge in [-0.2, -0.15) is 0 Å². The smallest absolute Gasteiger partial charge is 0.151 e. The first-order chi connectivity index (χ1) is 8.07. The number of aromatic nitrogens is 2. The fraction of sp³-hybridized carbons (Fsp3) is 0.727. The van der Waals surface area contributed by atoms with E-state index in [0.717, 1.165) is 37.4 Å². The normalized spacial score (nSPS) is 27.0. The van der Waals surface area contributed by atoms with E-state index in [1.165, 1.54) is 5.69 Å². The van der Waals surface area contributed by atoms with Crippen LogP contribution in [-0.4, -0.2) is 36.0 Å². The van der Waals surface area contributed by atoms with Crippen LogP contribution in [0.2, 0.25) is 0 Å². The molecule has 2 aliphatic heterocycles. The first kappa shape index (κ1) is 11.2. The van der Waals surface area contributed by atoms with Crippen LogP contribution >= 0.6 is 0 Å². The highest BCUT2D eigenvalue weighted by molar-refractivity contribution is 7.91. The Bertz CT molecular complexity index is 547. The number of nitrogens with zero attached hydrogens (tertiary/aromatic N) is 2. The van der Waals surface area contributed by atoms with Crippen molar-refractivity contribution in [1.82, 2.24) is 14.9 Å². The molecule has 5 nitrogen and oxygen atoms in total. The summed E-state index contributed by atoms with van der Waals surface area (Å²) in [5.41, 5.74) is 2.36. The maximum absolute atomic E-state index is 11.5. The highest BCUT2D eigenvalue weighted by atomic mass is 32.2. The molecular weight excluding hydrogens is 238 g/mol. The molecule has 1 aromatic rings. The van der Waals surface area contributed by atoms with Crippen LogP contribution < -0.4 is 5.32 Å². The molecule has 1 saturated heterocycles. The van der Waals surface area contributed by atoms with Crippen molar-refractivity contribution in [1.29, 1.82) is 0 Å². The summed E-state index contributed by atoms with van der Waals surface area (Å²) in [4.78, 5) is 4.63. The predicted octanol–water partition coefficient (Wildman–Crippen LogP) is -0.0321. The van der Waals surface area contributed by atoms with E-state index in [1.807, 2.05) is 7.05 Å². The molecule has 17 heavy (non-hydrogen) atoms. The molecular formula is C11H17N3O2S. The summed E-state index contributed by atoms with van der Waals surface area (Å²) >= 11 is 0. The molecule has 1 N–H and O–H groups in total. The van der Waals surface area contributed by atoms with Gasteiger partial charge in [0, 0.05) is 38.2 Å². The summed E-state index contributed by atoms with van der Waals surface area (Å²) in [6.45, 7) is 1.79. The molecule has 1 fully saturated rings. The first-order valence-corrected chi connectivity index (χ1v) is 7.84. The fourth-order valence-corrected chi connectivity index (χ4v) is 4.58. The van der Waals surface area contributed by atoms with E-state index < -0.39 is 9.84 Å². The van der Waals surface area contributed by atoms with Crippen LogP contribution in [0.25, 0.3) is 0 Å². The summed E-state index contributed by atoms with van der Waals surface area (Å²) in [5, 5.41) is 3.29. The third-order valence-corrected chi connectivity index (χ3v) is 5.53. The number of hydrogen-bond acceptors (Lipinski definition) is 4. The third-order valence-electron chi connectivity index (χ3n) is 3.76. The molecule has 6 heteroatoms. The van der Waals surface area contributed by atoms with Crippen molar-refractivity contribution < 1.29 is 8.42 Å². The number of imidazole rings is 1. The van der Waals surface area contributed by atoms with E-state index in [2.05, 4.69) is 14.9 Å². The van der Waals surface area contributed by atoms with Crippen molar-refractivity contribution in [3.63, 3.8) is 0 Å². The summed E-state index contributed by atoms with van der Waals surface area (Å²) in [7, 11) is -0.819. The van der Waals surface area contributed by atoms with Gasteiger partial charge in [0.25, 0.3) is 0 Å². The second-order valence-electron chi connectivity index (χ2n) is 4.95. The third kappa shape index (κ3) is 1.89. The number of sulfone groups is 1. The molecule has 1 aromatic heterocycles. The van der Waals surface area contributed by atoms with Gasteiger partial charge in [-0.25, -0.2) is 13.4 Å². The molecule has 3 rings (SSSR count). The monoisotopic (exact) mass is 255 g/mol. The second-order valence-corrected chi connectivity index (χ2v) is 7.18. The molecule has 0 radical (unpaired) electrons. The van der Waals surface area contributed by atoms with E-state index in [4.69, 9.17) is 0 Å². The lowest BCUT2D eigenvalue weighted by molar-refractivity contribution is 0.598. The van der Waals surface area contributed by atoms with Crippen molar-refractivity contribution in [2.45, 2.75) is 25.3 Å². The lowest BCUT2D eigenvalue weighted by Gasteiger charge is -2.13. The van der Waals surface area contributed by atoms with Crippen molar-refractivity contribution in [2.75, 3.05) is 18.1 Å². The number of fused-ring (bicyclic) bond motifs is 1. The maximum atomic E-state index is 11.5. The van der Waals surface area contributed by atoms with Crippen LogP contribution in [0.4, 0.5) is 0 Å². The van der Waals surface area contributed by atoms with Crippen LogP contribution in [0.5, 0.6) is 0 Å². The van der Waals surface area contributed by atoms with Crippen LogP contribution in [0.15, 0.2) is 0 Å². The Labute approximate surface area is 101 Å². The van der Waals surface area contributed by atoms with E-state index in [9.17, 15) is 8.42 Å². The largest absolute Gasteiger partial charge is 0.334 e. The Morgan fingerprint density at radius 2 is 2.29 bits per heavy atom. The molecule has 0 saturated carbocycles. The average molecular weight is 255 g/mol. The average Bonchev–Trinajstić information content (AvgIpc) is 2.81. The summed E-state index contributed by atoms with van der Waals surface area (Å²) < 4.78 is 25.2. The zero-order chi connectivity index (χ0) is 12.0. The lowest BCUT2D eigenvalue weighted by Crippen LogP contribution is -2.24. The maximum Gasteiger partial charge on any atom is 0.151 e. The van der Waals surface area contributed by atoms with Gasteiger partial charge in [-0.3, -0.25) is 0 Å². The van der Waals surface area contributed by atoms with Crippen molar-refractivity contribution in [3.05, 3.63) is 17.2 Å². The Morgan fingerprint density at radius 3 is 2.94 bits per heavy atom. The van der Waals surface area contributed by atoms with Gasteiger partial charge < -0.3 is 9.88 Å². The molecule has 0 bridgehead atoms. The van der Waals surface area contributed by atoms with Crippen LogP contribution in [0.1, 0.15) is 29.6 Å². The minimum Gasteiger partial charge on any atom is -0.334 e. The van der Waals surface area contributed by atoms with E-state index >= 15 is 0 Å². The molecule has 1 unspecified atom stereocenters. The molecule has 0 aromatic carbocycles. The molecule has 0 aliphatic carbocycles. The second kappa shape index (κ2) is 3.81. The highest BCUT2D eigenvalue weighted by Gasteiger charge is 2.33. The molecule has 0 spiro atoms. The Hall–Kier alpha value is -0.880. The summed E-state index contributed by atoms with van der Waals surface area (Å²) in [6.07, 6.45) is 1.71. The van der Waals surface area contributed by atoms with Gasteiger partial charge in [0.15, 0.2) is 9.84 Å². The topological polar surface area (TPSA) is 64.0 Å². The lowest BCUT2D eigenvalue weighted by atomic mass is 10.1. The van der Waals surface area contributed by atoms with E-state index in [1.54, 1.807) is 0 Å². The molecule has 1 atom stereocenters. The molecule has 94 valence electrons. The van der Waals surface area contributed by atoms with Gasteiger partial charge >= 0.3 is 0 Å². The van der Waals surface area contributed by atoms with Gasteiger partial charge in [-0.05, 0) is 6.42 Å². The van der Waals surface area contributed by atoms with E-state index in [0.29, 0.717) is 5.75 Å². The number of hydrogen-bond donors (Lipinski definition) is 1. The van der Waals surface area contributed by atoms with Crippen LogP contribution in [0, 0.1) is 0 Å². The van der Waals surface area contributed by atoms with Gasteiger partial charge in [0.1, 0.15) is 5.82 Å². The summed E-state index contributed by atoms with van der Waals surface area (Å²) in [6, 6.07) is 0. The Morgan fingerprint density at radius 1 is 1.47 bits per heavy atom. The van der Waals surface area contributed by atoms with Gasteiger partial charge in [0.05, 0.1) is 17.2 Å². The minimum atomic E-state index is -2.83. The molecule has 2 aliphatic rings. The van der Waals surface area contributed by atoms with Crippen molar-refractivity contribution in [3.8, 4) is 0 Å². The van der Waals surface area contributed by atoms with Gasteiger partial charge in [-0.15, -0.1) is 0 Å². The van der Waals surface area contributed by atoms with Crippen molar-refractivity contribution >= 4 is 9.84 Å². The van der Waals surface area contributed by atoms with Crippen LogP contribution in [-0.2, 0) is 29.9 Å². The van der Waals surface area contributed by atoms with Crippen LogP contribution in [0.3, 0.4) is 0 Å². The van der Waals surface area contributed by atoms with Gasteiger partial charge in [-0.1, -0.05) is 0 Å². The van der Waals surface area contributed by atoms with E-state index in [-0.39, 0.29) is 11.7 Å². The predicted molar refractivity (Wildman–Crippen MR) is 64.6 cm³/mol. The molecule has 3 heterocycles. The molecule has 0 amide bonds. The standard InChI is InChI=1S/C11H17N3O2S/c1-14-10-2-4-12-6-9(10)13-11(14)8-3-5-17(15,16)7-8/h8,12H,2-7H2,1H3. The first-order valence-electron chi connectivity index (χ1n) is 6.02. The zero-order valence-corrected chi connectivity index (χ0v) is 10.8. The van der Waals surface area contributed by atoms with Gasteiger partial charge in [0.2, 0.25) is 0 Å². The van der Waals surface area contributed by atoms with Crippen molar-refractivity contribution in [2.24, 2.45) is 7.05 Å². The number of rotatable bonds is 1. The Balaban J connectivity index is 1.96. The number of nitrogens with one attached hydrogen (secondary N) is 1. The zero-order valence-electron chi connectivity index (χ0n) is 9.94. The minimum absolute atomic E-state index is 0.0931. The SMILES string of the molecule is Cn1c(C2CCS(=O)(=O)C2)nc2c1CCNC2. The highest BCUT2D eigenvalue weighted by Crippen LogP contribution is 2.29. The summed E-state index contributed by atoms with van der Waals surface area (Å²) in [5.74, 6) is 1.63. The Kier molecular flexibility index (Phi) is 2.52.